The van der Waals surface area contributed by atoms with Crippen LogP contribution in [0.5, 0.6) is 0 Å². The molecule has 3 aromatic rings. The molecule has 5 heteroatoms. The first kappa shape index (κ1) is 13.0. The van der Waals surface area contributed by atoms with E-state index in [1.807, 2.05) is 24.4 Å². The van der Waals surface area contributed by atoms with E-state index in [2.05, 4.69) is 31.3 Å². The number of halogens is 1. The number of hydrogen-bond acceptors (Lipinski definition) is 3. The van der Waals surface area contributed by atoms with Gasteiger partial charge in [0, 0.05) is 21.6 Å². The van der Waals surface area contributed by atoms with Gasteiger partial charge in [0.05, 0.1) is 13.7 Å². The second-order valence-electron chi connectivity index (χ2n) is 4.40. The highest BCUT2D eigenvalue weighted by Gasteiger charge is 2.11. The fourth-order valence-corrected chi connectivity index (χ4v) is 2.53. The van der Waals surface area contributed by atoms with E-state index in [4.69, 9.17) is 4.42 Å². The molecule has 0 bridgehead atoms. The molecule has 20 heavy (non-hydrogen) atoms. The van der Waals surface area contributed by atoms with Crippen molar-refractivity contribution in [1.82, 2.24) is 4.57 Å². The Hall–Kier alpha value is -2.01. The molecule has 0 atom stereocenters. The molecular weight excluding hydrogens is 322 g/mol. The molecule has 102 valence electrons. The molecule has 2 aromatic heterocycles. The van der Waals surface area contributed by atoms with Gasteiger partial charge >= 0.3 is 5.97 Å². The molecule has 0 spiro atoms. The molecule has 0 N–H and O–H groups in total. The third-order valence-electron chi connectivity index (χ3n) is 3.11. The third kappa shape index (κ3) is 2.36. The largest absolute Gasteiger partial charge is 0.463 e. The number of esters is 1. The minimum Gasteiger partial charge on any atom is -0.463 e. The lowest BCUT2D eigenvalue weighted by Gasteiger charge is -2.03. The Bertz CT molecular complexity index is 772. The van der Waals surface area contributed by atoms with Gasteiger partial charge < -0.3 is 13.7 Å². The summed E-state index contributed by atoms with van der Waals surface area (Å²) in [7, 11) is 1.34. The zero-order chi connectivity index (χ0) is 14.1. The zero-order valence-electron chi connectivity index (χ0n) is 10.8. The van der Waals surface area contributed by atoms with Gasteiger partial charge in [-0.05, 0) is 36.4 Å². The maximum Gasteiger partial charge on any atom is 0.373 e. The van der Waals surface area contributed by atoms with E-state index in [1.165, 1.54) is 7.11 Å². The number of carbonyl (C=O) groups excluding carboxylic acids is 1. The molecule has 0 aliphatic carbocycles. The number of benzene rings is 1. The summed E-state index contributed by atoms with van der Waals surface area (Å²) in [6.07, 6.45) is 2.00. The third-order valence-corrected chi connectivity index (χ3v) is 3.60. The minimum absolute atomic E-state index is 0.224. The van der Waals surface area contributed by atoms with Crippen molar-refractivity contribution in [3.63, 3.8) is 0 Å². The molecule has 0 aliphatic rings. The Morgan fingerprint density at radius 3 is 2.95 bits per heavy atom. The predicted molar refractivity (Wildman–Crippen MR) is 78.8 cm³/mol. The second kappa shape index (κ2) is 5.17. The van der Waals surface area contributed by atoms with Crippen LogP contribution in [-0.2, 0) is 11.3 Å². The molecule has 4 nitrogen and oxygen atoms in total. The predicted octanol–water partition coefficient (Wildman–Crippen LogP) is 3.83. The van der Waals surface area contributed by atoms with Crippen LogP contribution in [0.4, 0.5) is 0 Å². The number of hydrogen-bond donors (Lipinski definition) is 0. The maximum atomic E-state index is 11.4. The van der Waals surface area contributed by atoms with Gasteiger partial charge in [0.25, 0.3) is 0 Å². The van der Waals surface area contributed by atoms with E-state index < -0.39 is 5.97 Å². The van der Waals surface area contributed by atoms with Crippen LogP contribution in [0.25, 0.3) is 10.9 Å². The number of rotatable bonds is 3. The number of fused-ring (bicyclic) bond motifs is 1. The van der Waals surface area contributed by atoms with Gasteiger partial charge in [-0.25, -0.2) is 4.79 Å². The van der Waals surface area contributed by atoms with Crippen molar-refractivity contribution in [1.29, 1.82) is 0 Å². The van der Waals surface area contributed by atoms with Crippen molar-refractivity contribution in [3.05, 3.63) is 58.6 Å². The highest BCUT2D eigenvalue weighted by molar-refractivity contribution is 9.10. The minimum atomic E-state index is -0.461. The summed E-state index contributed by atoms with van der Waals surface area (Å²) in [5.41, 5.74) is 1.12. The Balaban J connectivity index is 1.89. The van der Waals surface area contributed by atoms with Gasteiger partial charge in [-0.15, -0.1) is 0 Å². The lowest BCUT2D eigenvalue weighted by atomic mass is 10.2. The number of furan rings is 1. The van der Waals surface area contributed by atoms with E-state index >= 15 is 0 Å². The highest BCUT2D eigenvalue weighted by Crippen LogP contribution is 2.22. The molecule has 0 unspecified atom stereocenters. The number of nitrogens with zero attached hydrogens (tertiary/aromatic N) is 1. The SMILES string of the molecule is COC(=O)c1ccc(Cn2ccc3cc(Br)ccc32)o1. The van der Waals surface area contributed by atoms with Gasteiger partial charge in [0.15, 0.2) is 0 Å². The fraction of sp³-hybridized carbons (Fsp3) is 0.133. The molecule has 1 aromatic carbocycles. The van der Waals surface area contributed by atoms with Crippen LogP contribution in [0.3, 0.4) is 0 Å². The van der Waals surface area contributed by atoms with Crippen LogP contribution in [0.1, 0.15) is 16.3 Å². The van der Waals surface area contributed by atoms with E-state index in [0.717, 1.165) is 15.4 Å². The van der Waals surface area contributed by atoms with Crippen molar-refractivity contribution in [2.45, 2.75) is 6.54 Å². The molecule has 2 heterocycles. The lowest BCUT2D eigenvalue weighted by Crippen LogP contribution is -1.99. The average molecular weight is 334 g/mol. The molecule has 3 rings (SSSR count). The summed E-state index contributed by atoms with van der Waals surface area (Å²) in [6.45, 7) is 0.572. The van der Waals surface area contributed by atoms with Gasteiger partial charge in [-0.1, -0.05) is 15.9 Å². The first-order valence-electron chi connectivity index (χ1n) is 6.09. The Labute approximate surface area is 124 Å². The van der Waals surface area contributed by atoms with E-state index in [0.29, 0.717) is 12.3 Å². The van der Waals surface area contributed by atoms with Crippen LogP contribution >= 0.6 is 15.9 Å². The molecule has 0 saturated heterocycles. The monoisotopic (exact) mass is 333 g/mol. The quantitative estimate of drug-likeness (QED) is 0.684. The second-order valence-corrected chi connectivity index (χ2v) is 5.32. The Morgan fingerprint density at radius 1 is 1.30 bits per heavy atom. The summed E-state index contributed by atoms with van der Waals surface area (Å²) >= 11 is 3.46. The van der Waals surface area contributed by atoms with Crippen LogP contribution in [-0.4, -0.2) is 17.6 Å². The van der Waals surface area contributed by atoms with Gasteiger partial charge in [-0.2, -0.15) is 0 Å². The first-order chi connectivity index (χ1) is 9.67. The number of aromatic nitrogens is 1. The number of carbonyl (C=O) groups is 1. The van der Waals surface area contributed by atoms with Gasteiger partial charge in [0.2, 0.25) is 5.76 Å². The van der Waals surface area contributed by atoms with Crippen LogP contribution in [0.2, 0.25) is 0 Å². The lowest BCUT2D eigenvalue weighted by molar-refractivity contribution is 0.0563. The number of methoxy groups -OCH3 is 1. The standard InChI is InChI=1S/C15H12BrNO3/c1-19-15(18)14-5-3-12(20-14)9-17-7-6-10-8-11(16)2-4-13(10)17/h2-8H,9H2,1H3. The number of ether oxygens (including phenoxy) is 1. The highest BCUT2D eigenvalue weighted by atomic mass is 79.9. The van der Waals surface area contributed by atoms with Crippen molar-refractivity contribution >= 4 is 32.8 Å². The molecular formula is C15H12BrNO3. The zero-order valence-corrected chi connectivity index (χ0v) is 12.4. The van der Waals surface area contributed by atoms with Gasteiger partial charge in [0.1, 0.15) is 5.76 Å². The molecule has 0 saturated carbocycles. The van der Waals surface area contributed by atoms with E-state index in [-0.39, 0.29) is 5.76 Å². The summed E-state index contributed by atoms with van der Waals surface area (Å²) in [5, 5.41) is 1.15. The Kier molecular flexibility index (Phi) is 3.36. The fourth-order valence-electron chi connectivity index (χ4n) is 2.15. The first-order valence-corrected chi connectivity index (χ1v) is 6.88. The molecule has 0 radical (unpaired) electrons. The van der Waals surface area contributed by atoms with E-state index in [9.17, 15) is 4.79 Å². The van der Waals surface area contributed by atoms with Crippen molar-refractivity contribution in [2.75, 3.05) is 7.11 Å². The summed E-state index contributed by atoms with van der Waals surface area (Å²) in [4.78, 5) is 11.4. The molecule has 0 aliphatic heterocycles. The van der Waals surface area contributed by atoms with Crippen LogP contribution in [0.15, 0.2) is 51.5 Å². The molecule has 0 fully saturated rings. The van der Waals surface area contributed by atoms with Gasteiger partial charge in [-0.3, -0.25) is 0 Å². The Morgan fingerprint density at radius 2 is 2.15 bits per heavy atom. The van der Waals surface area contributed by atoms with Crippen molar-refractivity contribution in [2.24, 2.45) is 0 Å². The van der Waals surface area contributed by atoms with Crippen molar-refractivity contribution in [3.8, 4) is 0 Å². The summed E-state index contributed by atoms with van der Waals surface area (Å²) in [6, 6.07) is 11.6. The topological polar surface area (TPSA) is 44.4 Å². The summed E-state index contributed by atoms with van der Waals surface area (Å²) in [5.74, 6) is 0.477. The van der Waals surface area contributed by atoms with Crippen LogP contribution < -0.4 is 0 Å². The average Bonchev–Trinajstić information content (AvgIpc) is 3.06. The smallest absolute Gasteiger partial charge is 0.373 e. The summed E-state index contributed by atoms with van der Waals surface area (Å²) < 4.78 is 13.2. The van der Waals surface area contributed by atoms with Crippen molar-refractivity contribution < 1.29 is 13.9 Å². The van der Waals surface area contributed by atoms with Crippen LogP contribution in [0, 0.1) is 0 Å². The maximum absolute atomic E-state index is 11.4. The molecule has 0 amide bonds. The normalized spacial score (nSPS) is 10.9. The van der Waals surface area contributed by atoms with E-state index in [1.54, 1.807) is 12.1 Å².